The van der Waals surface area contributed by atoms with Gasteiger partial charge in [0.05, 0.1) is 0 Å². The second kappa shape index (κ2) is 2.59. The fourth-order valence-electron chi connectivity index (χ4n) is 4.55. The largest absolute Gasteiger partial charge is 0.300 e. The zero-order chi connectivity index (χ0) is 9.00. The van der Waals surface area contributed by atoms with E-state index in [9.17, 15) is 4.79 Å². The Labute approximate surface area is 79.9 Å². The van der Waals surface area contributed by atoms with Gasteiger partial charge in [-0.2, -0.15) is 0 Å². The lowest BCUT2D eigenvalue weighted by Crippen LogP contribution is -2.25. The summed E-state index contributed by atoms with van der Waals surface area (Å²) >= 11 is 0. The van der Waals surface area contributed by atoms with E-state index >= 15 is 0 Å². The van der Waals surface area contributed by atoms with Crippen molar-refractivity contribution in [1.82, 2.24) is 0 Å². The highest BCUT2D eigenvalue weighted by molar-refractivity contribution is 5.79. The average Bonchev–Trinajstić information content (AvgIpc) is 2.76. The molecule has 0 N–H and O–H groups in total. The highest BCUT2D eigenvalue weighted by Gasteiger charge is 2.54. The molecule has 0 saturated heterocycles. The van der Waals surface area contributed by atoms with Crippen LogP contribution >= 0.6 is 0 Å². The molecule has 0 radical (unpaired) electrons. The molecule has 0 amide bonds. The van der Waals surface area contributed by atoms with Gasteiger partial charge in [-0.3, -0.25) is 4.79 Å². The van der Waals surface area contributed by atoms with Crippen LogP contribution in [0.15, 0.2) is 0 Å². The Morgan fingerprint density at radius 3 is 2.62 bits per heavy atom. The first-order valence-corrected chi connectivity index (χ1v) is 5.78. The van der Waals surface area contributed by atoms with E-state index in [-0.39, 0.29) is 0 Å². The lowest BCUT2D eigenvalue weighted by atomic mass is 9.77. The van der Waals surface area contributed by atoms with Crippen LogP contribution in [0.4, 0.5) is 0 Å². The first kappa shape index (κ1) is 8.02. The van der Waals surface area contributed by atoms with E-state index in [0.29, 0.717) is 11.7 Å². The van der Waals surface area contributed by atoms with Crippen LogP contribution in [-0.4, -0.2) is 5.78 Å². The third-order valence-electron chi connectivity index (χ3n) is 4.96. The van der Waals surface area contributed by atoms with Crippen LogP contribution in [0.3, 0.4) is 0 Å². The molecule has 3 aliphatic carbocycles. The number of fused-ring (bicyclic) bond motifs is 5. The van der Waals surface area contributed by atoms with Gasteiger partial charge in [0.15, 0.2) is 0 Å². The predicted molar refractivity (Wildman–Crippen MR) is 51.2 cm³/mol. The molecule has 0 aliphatic heterocycles. The van der Waals surface area contributed by atoms with E-state index in [1.54, 1.807) is 6.92 Å². The van der Waals surface area contributed by atoms with E-state index in [4.69, 9.17) is 0 Å². The Hall–Kier alpha value is -0.330. The topological polar surface area (TPSA) is 17.1 Å². The second-order valence-electron chi connectivity index (χ2n) is 5.37. The number of ketones is 1. The average molecular weight is 178 g/mol. The standard InChI is InChI=1S/C12H18O/c1-7(13)10-4-5-11-8-2-3-9(6-8)12(10)11/h8-12H,2-6H2,1H3. The van der Waals surface area contributed by atoms with Gasteiger partial charge >= 0.3 is 0 Å². The molecular weight excluding hydrogens is 160 g/mol. The van der Waals surface area contributed by atoms with E-state index in [1.165, 1.54) is 32.1 Å². The minimum atomic E-state index is 0.459. The number of hydrogen-bond acceptors (Lipinski definition) is 1. The van der Waals surface area contributed by atoms with Crippen LogP contribution in [0.1, 0.15) is 39.0 Å². The van der Waals surface area contributed by atoms with Gasteiger partial charge in [0.1, 0.15) is 5.78 Å². The molecule has 5 unspecified atom stereocenters. The monoisotopic (exact) mass is 178 g/mol. The van der Waals surface area contributed by atoms with Crippen molar-refractivity contribution >= 4 is 5.78 Å². The van der Waals surface area contributed by atoms with Crippen molar-refractivity contribution in [2.45, 2.75) is 39.0 Å². The smallest absolute Gasteiger partial charge is 0.133 e. The molecule has 1 nitrogen and oxygen atoms in total. The summed E-state index contributed by atoms with van der Waals surface area (Å²) in [5.74, 6) is 4.65. The summed E-state index contributed by atoms with van der Waals surface area (Å²) in [6.45, 7) is 1.80. The Morgan fingerprint density at radius 2 is 1.85 bits per heavy atom. The molecule has 0 aromatic carbocycles. The third kappa shape index (κ3) is 0.963. The Morgan fingerprint density at radius 1 is 1.08 bits per heavy atom. The molecule has 1 heteroatoms. The minimum Gasteiger partial charge on any atom is -0.300 e. The molecule has 3 fully saturated rings. The molecule has 0 heterocycles. The molecule has 0 aromatic heterocycles. The minimum absolute atomic E-state index is 0.459. The second-order valence-corrected chi connectivity index (χ2v) is 5.37. The third-order valence-corrected chi connectivity index (χ3v) is 4.96. The fourth-order valence-corrected chi connectivity index (χ4v) is 4.55. The summed E-state index contributed by atoms with van der Waals surface area (Å²) in [5, 5.41) is 0. The predicted octanol–water partition coefficient (Wildman–Crippen LogP) is 2.65. The van der Waals surface area contributed by atoms with Crippen molar-refractivity contribution in [1.29, 1.82) is 0 Å². The first-order chi connectivity index (χ1) is 6.27. The number of hydrogen-bond donors (Lipinski definition) is 0. The van der Waals surface area contributed by atoms with Gasteiger partial charge in [-0.05, 0) is 62.7 Å². The van der Waals surface area contributed by atoms with Crippen LogP contribution in [0, 0.1) is 29.6 Å². The van der Waals surface area contributed by atoms with Gasteiger partial charge < -0.3 is 0 Å². The summed E-state index contributed by atoms with van der Waals surface area (Å²) in [6.07, 6.45) is 6.92. The summed E-state index contributed by atoms with van der Waals surface area (Å²) in [7, 11) is 0. The van der Waals surface area contributed by atoms with Crippen LogP contribution in [0.25, 0.3) is 0 Å². The summed E-state index contributed by atoms with van der Waals surface area (Å²) in [6, 6.07) is 0. The molecule has 0 aromatic rings. The number of carbonyl (C=O) groups excluding carboxylic acids is 1. The van der Waals surface area contributed by atoms with E-state index in [0.717, 1.165) is 23.7 Å². The summed E-state index contributed by atoms with van der Waals surface area (Å²) in [4.78, 5) is 11.5. The van der Waals surface area contributed by atoms with Crippen molar-refractivity contribution in [3.05, 3.63) is 0 Å². The maximum atomic E-state index is 11.5. The van der Waals surface area contributed by atoms with Gasteiger partial charge in [-0.25, -0.2) is 0 Å². The Kier molecular flexibility index (Phi) is 1.59. The van der Waals surface area contributed by atoms with Crippen molar-refractivity contribution in [3.63, 3.8) is 0 Å². The normalized spacial score (nSPS) is 52.5. The number of rotatable bonds is 1. The van der Waals surface area contributed by atoms with Gasteiger partial charge in [0, 0.05) is 5.92 Å². The lowest BCUT2D eigenvalue weighted by Gasteiger charge is -2.27. The van der Waals surface area contributed by atoms with E-state index in [2.05, 4.69) is 0 Å². The molecule has 3 rings (SSSR count). The molecule has 2 bridgehead atoms. The zero-order valence-electron chi connectivity index (χ0n) is 8.33. The lowest BCUT2D eigenvalue weighted by molar-refractivity contribution is -0.122. The fraction of sp³-hybridized carbons (Fsp3) is 0.917. The van der Waals surface area contributed by atoms with Crippen molar-refractivity contribution in [2.24, 2.45) is 29.6 Å². The highest BCUT2D eigenvalue weighted by atomic mass is 16.1. The number of Topliss-reactive ketones (excluding diaryl/α,β-unsaturated/α-hetero) is 1. The van der Waals surface area contributed by atoms with Crippen molar-refractivity contribution < 1.29 is 4.79 Å². The van der Waals surface area contributed by atoms with Crippen LogP contribution in [0.5, 0.6) is 0 Å². The number of carbonyl (C=O) groups is 1. The van der Waals surface area contributed by atoms with Gasteiger partial charge in [0.25, 0.3) is 0 Å². The Bertz CT molecular complexity index is 246. The van der Waals surface area contributed by atoms with E-state index in [1.807, 2.05) is 0 Å². The molecule has 5 atom stereocenters. The molecule has 3 saturated carbocycles. The molecule has 0 spiro atoms. The van der Waals surface area contributed by atoms with Gasteiger partial charge in [-0.15, -0.1) is 0 Å². The quantitative estimate of drug-likeness (QED) is 0.603. The van der Waals surface area contributed by atoms with Crippen molar-refractivity contribution in [2.75, 3.05) is 0 Å². The van der Waals surface area contributed by atoms with Gasteiger partial charge in [0.2, 0.25) is 0 Å². The molecule has 3 aliphatic rings. The van der Waals surface area contributed by atoms with Gasteiger partial charge in [-0.1, -0.05) is 0 Å². The maximum Gasteiger partial charge on any atom is 0.133 e. The molecule has 13 heavy (non-hydrogen) atoms. The highest BCUT2D eigenvalue weighted by Crippen LogP contribution is 2.60. The van der Waals surface area contributed by atoms with Crippen molar-refractivity contribution in [3.8, 4) is 0 Å². The zero-order valence-corrected chi connectivity index (χ0v) is 8.33. The van der Waals surface area contributed by atoms with E-state index < -0.39 is 0 Å². The molecule has 72 valence electrons. The van der Waals surface area contributed by atoms with Crippen LogP contribution < -0.4 is 0 Å². The summed E-state index contributed by atoms with van der Waals surface area (Å²) in [5.41, 5.74) is 0. The van der Waals surface area contributed by atoms with Crippen LogP contribution in [0.2, 0.25) is 0 Å². The summed E-state index contributed by atoms with van der Waals surface area (Å²) < 4.78 is 0. The SMILES string of the molecule is CC(=O)C1CCC2C3CCC(C3)C12. The van der Waals surface area contributed by atoms with Crippen LogP contribution in [-0.2, 0) is 4.79 Å². The first-order valence-electron chi connectivity index (χ1n) is 5.78. The molecular formula is C12H18O. The maximum absolute atomic E-state index is 11.5. The Balaban J connectivity index is 1.87.